The molecule has 0 saturated heterocycles. The molecule has 0 saturated carbocycles. The molecular weight excluding hydrogens is 320 g/mol. The first-order chi connectivity index (χ1) is 12.2. The molecule has 3 rings (SSSR count). The van der Waals surface area contributed by atoms with E-state index in [0.29, 0.717) is 12.1 Å². The Balaban J connectivity index is 1.71. The molecule has 1 amide bonds. The van der Waals surface area contributed by atoms with E-state index in [1.807, 2.05) is 30.3 Å². The smallest absolute Gasteiger partial charge is 0.307 e. The normalized spacial score (nSPS) is 10.6. The molecule has 128 valence electrons. The first-order valence-electron chi connectivity index (χ1n) is 7.88. The molecule has 0 aliphatic carbocycles. The Hall–Kier alpha value is -3.22. The predicted molar refractivity (Wildman–Crippen MR) is 92.0 cm³/mol. The molecule has 3 aromatic rings. The number of fused-ring (bicyclic) bond motifs is 1. The molecule has 25 heavy (non-hydrogen) atoms. The van der Waals surface area contributed by atoms with Crippen molar-refractivity contribution in [1.29, 1.82) is 0 Å². The van der Waals surface area contributed by atoms with E-state index in [1.54, 1.807) is 16.9 Å². The van der Waals surface area contributed by atoms with Gasteiger partial charge in [-0.15, -0.1) is 0 Å². The number of pyridine rings is 1. The van der Waals surface area contributed by atoms with E-state index in [4.69, 9.17) is 0 Å². The van der Waals surface area contributed by atoms with E-state index >= 15 is 0 Å². The lowest BCUT2D eigenvalue weighted by atomic mass is 10.2. The van der Waals surface area contributed by atoms with Gasteiger partial charge in [-0.3, -0.25) is 9.59 Å². The van der Waals surface area contributed by atoms with Gasteiger partial charge in [-0.05, 0) is 11.6 Å². The highest BCUT2D eigenvalue weighted by Gasteiger charge is 2.11. The third-order valence-corrected chi connectivity index (χ3v) is 3.76. The Morgan fingerprint density at radius 3 is 2.76 bits per heavy atom. The second-order valence-corrected chi connectivity index (χ2v) is 5.51. The number of benzene rings is 1. The Morgan fingerprint density at radius 1 is 1.20 bits per heavy atom. The maximum atomic E-state index is 12.1. The molecular formula is C18H18N4O3. The fourth-order valence-corrected chi connectivity index (χ4v) is 2.45. The van der Waals surface area contributed by atoms with Crippen molar-refractivity contribution >= 4 is 22.9 Å². The van der Waals surface area contributed by atoms with Crippen molar-refractivity contribution in [3.63, 3.8) is 0 Å². The van der Waals surface area contributed by atoms with Gasteiger partial charge in [0.25, 0.3) is 5.91 Å². The molecule has 7 heteroatoms. The number of amides is 1. The maximum Gasteiger partial charge on any atom is 0.307 e. The molecule has 0 bridgehead atoms. The van der Waals surface area contributed by atoms with Gasteiger partial charge < -0.3 is 10.1 Å². The summed E-state index contributed by atoms with van der Waals surface area (Å²) < 4.78 is 6.33. The van der Waals surface area contributed by atoms with Crippen LogP contribution in [0.15, 0.2) is 48.8 Å². The molecule has 7 nitrogen and oxygen atoms in total. The number of carbonyl (C=O) groups excluding carboxylic acids is 2. The van der Waals surface area contributed by atoms with Crippen LogP contribution in [-0.4, -0.2) is 40.3 Å². The Kier molecular flexibility index (Phi) is 5.03. The summed E-state index contributed by atoms with van der Waals surface area (Å²) in [5.74, 6) is -0.648. The minimum absolute atomic E-state index is 0.132. The monoisotopic (exact) mass is 338 g/mol. The highest BCUT2D eigenvalue weighted by molar-refractivity contribution is 5.96. The quantitative estimate of drug-likeness (QED) is 0.692. The molecule has 0 spiro atoms. The third-order valence-electron chi connectivity index (χ3n) is 3.76. The maximum absolute atomic E-state index is 12.1. The lowest BCUT2D eigenvalue weighted by Crippen LogP contribution is -2.26. The summed E-state index contributed by atoms with van der Waals surface area (Å²) in [5.41, 5.74) is 2.27. The zero-order valence-electron chi connectivity index (χ0n) is 13.8. The van der Waals surface area contributed by atoms with E-state index in [9.17, 15) is 9.59 Å². The second kappa shape index (κ2) is 7.57. The van der Waals surface area contributed by atoms with Gasteiger partial charge in [0.05, 0.1) is 31.8 Å². The van der Waals surface area contributed by atoms with Crippen molar-refractivity contribution in [1.82, 2.24) is 20.1 Å². The zero-order chi connectivity index (χ0) is 17.6. The van der Waals surface area contributed by atoms with Crippen LogP contribution in [0.25, 0.3) is 11.0 Å². The lowest BCUT2D eigenvalue weighted by Gasteiger charge is -2.05. The summed E-state index contributed by atoms with van der Waals surface area (Å²) in [7, 11) is 1.31. The largest absolute Gasteiger partial charge is 0.469 e. The summed E-state index contributed by atoms with van der Waals surface area (Å²) >= 11 is 0. The summed E-state index contributed by atoms with van der Waals surface area (Å²) in [4.78, 5) is 27.6. The van der Waals surface area contributed by atoms with Crippen LogP contribution in [0.5, 0.6) is 0 Å². The van der Waals surface area contributed by atoms with Crippen molar-refractivity contribution in [3.05, 3.63) is 59.9 Å². The van der Waals surface area contributed by atoms with Crippen LogP contribution in [0.2, 0.25) is 0 Å². The number of esters is 1. The van der Waals surface area contributed by atoms with Crippen molar-refractivity contribution in [3.8, 4) is 0 Å². The van der Waals surface area contributed by atoms with Gasteiger partial charge in [0.2, 0.25) is 0 Å². The fraction of sp³-hybridized carbons (Fsp3) is 0.222. The van der Waals surface area contributed by atoms with Gasteiger partial charge in [-0.1, -0.05) is 30.3 Å². The van der Waals surface area contributed by atoms with Crippen molar-refractivity contribution in [2.75, 3.05) is 13.7 Å². The number of nitrogens with one attached hydrogen (secondary N) is 1. The molecule has 2 aromatic heterocycles. The van der Waals surface area contributed by atoms with Crippen LogP contribution >= 0.6 is 0 Å². The van der Waals surface area contributed by atoms with E-state index < -0.39 is 0 Å². The zero-order valence-corrected chi connectivity index (χ0v) is 13.8. The van der Waals surface area contributed by atoms with Crippen molar-refractivity contribution < 1.29 is 14.3 Å². The molecule has 0 fully saturated rings. The molecule has 0 radical (unpaired) electrons. The first kappa shape index (κ1) is 16.6. The molecule has 0 unspecified atom stereocenters. The number of methoxy groups -OCH3 is 1. The van der Waals surface area contributed by atoms with E-state index in [-0.39, 0.29) is 24.8 Å². The number of ether oxygens (including phenoxy) is 1. The molecule has 2 heterocycles. The highest BCUT2D eigenvalue weighted by Crippen LogP contribution is 2.14. The first-order valence-corrected chi connectivity index (χ1v) is 7.88. The fourth-order valence-electron chi connectivity index (χ4n) is 2.45. The van der Waals surface area contributed by atoms with Crippen molar-refractivity contribution in [2.45, 2.75) is 13.0 Å². The standard InChI is InChI=1S/C18H18N4O3/c1-25-16(23)7-8-19-18(24)15-9-14-11-21-22(17(14)20-10-15)12-13-5-3-2-4-6-13/h2-6,9-11H,7-8,12H2,1H3,(H,19,24). The predicted octanol–water partition coefficient (Wildman–Crippen LogP) is 1.77. The van der Waals surface area contributed by atoms with Gasteiger partial charge >= 0.3 is 5.97 Å². The third kappa shape index (κ3) is 4.00. The summed E-state index contributed by atoms with van der Waals surface area (Å²) in [6.45, 7) is 0.832. The number of hydrogen-bond acceptors (Lipinski definition) is 5. The minimum Gasteiger partial charge on any atom is -0.469 e. The second-order valence-electron chi connectivity index (χ2n) is 5.51. The van der Waals surface area contributed by atoms with Crippen molar-refractivity contribution in [2.24, 2.45) is 0 Å². The Morgan fingerprint density at radius 2 is 2.00 bits per heavy atom. The van der Waals surface area contributed by atoms with Crippen LogP contribution in [0, 0.1) is 0 Å². The van der Waals surface area contributed by atoms with Gasteiger partial charge in [0.1, 0.15) is 0 Å². The molecule has 1 N–H and O–H groups in total. The highest BCUT2D eigenvalue weighted by atomic mass is 16.5. The Bertz CT molecular complexity index is 890. The average Bonchev–Trinajstić information content (AvgIpc) is 3.04. The minimum atomic E-state index is -0.365. The number of hydrogen-bond donors (Lipinski definition) is 1. The summed E-state index contributed by atoms with van der Waals surface area (Å²) in [5, 5.41) is 7.81. The molecule has 0 atom stereocenters. The number of nitrogens with zero attached hydrogens (tertiary/aromatic N) is 3. The Labute approximate surface area is 144 Å². The van der Waals surface area contributed by atoms with Gasteiger partial charge in [0, 0.05) is 18.1 Å². The number of rotatable bonds is 6. The molecule has 0 aliphatic rings. The van der Waals surface area contributed by atoms with Crippen LogP contribution < -0.4 is 5.32 Å². The summed E-state index contributed by atoms with van der Waals surface area (Å²) in [6, 6.07) is 11.7. The van der Waals surface area contributed by atoms with E-state index in [2.05, 4.69) is 20.1 Å². The topological polar surface area (TPSA) is 86.1 Å². The number of carbonyl (C=O) groups is 2. The van der Waals surface area contributed by atoms with Crippen LogP contribution in [0.1, 0.15) is 22.3 Å². The van der Waals surface area contributed by atoms with Crippen LogP contribution in [0.3, 0.4) is 0 Å². The average molecular weight is 338 g/mol. The van der Waals surface area contributed by atoms with Gasteiger partial charge in [-0.25, -0.2) is 9.67 Å². The molecule has 1 aromatic carbocycles. The lowest BCUT2D eigenvalue weighted by molar-refractivity contribution is -0.140. The van der Waals surface area contributed by atoms with Crippen LogP contribution in [0.4, 0.5) is 0 Å². The van der Waals surface area contributed by atoms with E-state index in [0.717, 1.165) is 16.6 Å². The molecule has 0 aliphatic heterocycles. The number of aromatic nitrogens is 3. The van der Waals surface area contributed by atoms with Crippen LogP contribution in [-0.2, 0) is 16.1 Å². The SMILES string of the molecule is COC(=O)CCNC(=O)c1cnc2c(cnn2Cc2ccccc2)c1. The van der Waals surface area contributed by atoms with Gasteiger partial charge in [0.15, 0.2) is 5.65 Å². The van der Waals surface area contributed by atoms with Gasteiger partial charge in [-0.2, -0.15) is 5.10 Å². The van der Waals surface area contributed by atoms with E-state index in [1.165, 1.54) is 13.3 Å². The summed E-state index contributed by atoms with van der Waals surface area (Å²) in [6.07, 6.45) is 3.34.